The van der Waals surface area contributed by atoms with Crippen LogP contribution in [0, 0.1) is 5.92 Å². The minimum atomic E-state index is -0.112. The molecule has 2 aromatic heterocycles. The lowest BCUT2D eigenvalue weighted by atomic mass is 9.83. The Hall–Kier alpha value is -3.80. The van der Waals surface area contributed by atoms with E-state index in [1.165, 1.54) is 0 Å². The normalized spacial score (nSPS) is 19.3. The number of pyridine rings is 1. The van der Waals surface area contributed by atoms with E-state index in [4.69, 9.17) is 9.15 Å². The Morgan fingerprint density at radius 3 is 2.64 bits per heavy atom. The number of amides is 1. The van der Waals surface area contributed by atoms with Gasteiger partial charge in [-0.2, -0.15) is 0 Å². The molecular formula is C27H24N2O4. The van der Waals surface area contributed by atoms with Gasteiger partial charge in [-0.3, -0.25) is 9.59 Å². The summed E-state index contributed by atoms with van der Waals surface area (Å²) in [6, 6.07) is 22.7. The average Bonchev–Trinajstić information content (AvgIpc) is 3.22. The molecule has 1 saturated heterocycles. The number of benzene rings is 2. The molecular weight excluding hydrogens is 416 g/mol. The number of nitrogens with zero attached hydrogens (tertiary/aromatic N) is 2. The average molecular weight is 440 g/mol. The molecule has 0 radical (unpaired) electrons. The molecule has 1 fully saturated rings. The zero-order chi connectivity index (χ0) is 22.4. The molecule has 2 unspecified atom stereocenters. The first-order chi connectivity index (χ1) is 16.2. The van der Waals surface area contributed by atoms with E-state index in [0.29, 0.717) is 31.0 Å². The van der Waals surface area contributed by atoms with Gasteiger partial charge in [-0.1, -0.05) is 42.5 Å². The van der Waals surface area contributed by atoms with Gasteiger partial charge in [-0.15, -0.1) is 0 Å². The Labute approximate surface area is 191 Å². The van der Waals surface area contributed by atoms with Crippen LogP contribution in [-0.4, -0.2) is 28.5 Å². The van der Waals surface area contributed by atoms with Gasteiger partial charge >= 0.3 is 0 Å². The molecule has 0 spiro atoms. The van der Waals surface area contributed by atoms with Gasteiger partial charge < -0.3 is 18.6 Å². The number of carbonyl (C=O) groups excluding carboxylic acids is 1. The fourth-order valence-corrected chi connectivity index (χ4v) is 5.29. The van der Waals surface area contributed by atoms with Crippen LogP contribution >= 0.6 is 0 Å². The first-order valence-corrected chi connectivity index (χ1v) is 11.3. The summed E-state index contributed by atoms with van der Waals surface area (Å²) in [7, 11) is 0. The Bertz CT molecular complexity index is 1390. The van der Waals surface area contributed by atoms with E-state index in [9.17, 15) is 9.59 Å². The van der Waals surface area contributed by atoms with Gasteiger partial charge in [0.05, 0.1) is 0 Å². The van der Waals surface area contributed by atoms with E-state index in [-0.39, 0.29) is 29.9 Å². The van der Waals surface area contributed by atoms with Crippen molar-refractivity contribution in [2.45, 2.75) is 25.5 Å². The van der Waals surface area contributed by atoms with Crippen molar-refractivity contribution in [3.63, 3.8) is 0 Å². The maximum Gasteiger partial charge on any atom is 0.290 e. The van der Waals surface area contributed by atoms with Crippen molar-refractivity contribution in [3.05, 3.63) is 100 Å². The second-order valence-corrected chi connectivity index (χ2v) is 8.92. The Morgan fingerprint density at radius 2 is 1.76 bits per heavy atom. The number of rotatable bonds is 4. The summed E-state index contributed by atoms with van der Waals surface area (Å²) < 4.78 is 14.0. The van der Waals surface area contributed by atoms with Gasteiger partial charge in [-0.25, -0.2) is 0 Å². The van der Waals surface area contributed by atoms with Gasteiger partial charge in [-0.05, 0) is 36.6 Å². The predicted octanol–water partition coefficient (Wildman–Crippen LogP) is 4.43. The summed E-state index contributed by atoms with van der Waals surface area (Å²) in [6.07, 6.45) is 0.997. The molecule has 2 aromatic carbocycles. The first-order valence-electron chi connectivity index (χ1n) is 11.3. The van der Waals surface area contributed by atoms with Gasteiger partial charge in [0.25, 0.3) is 11.5 Å². The van der Waals surface area contributed by atoms with E-state index in [2.05, 4.69) is 0 Å². The third kappa shape index (κ3) is 3.52. The number of hydrogen-bond acceptors (Lipinski definition) is 4. The number of piperidine rings is 1. The second kappa shape index (κ2) is 7.96. The minimum absolute atomic E-state index is 0.0413. The summed E-state index contributed by atoms with van der Waals surface area (Å²) in [5.74, 6) is 1.39. The Morgan fingerprint density at radius 1 is 0.939 bits per heavy atom. The van der Waals surface area contributed by atoms with Crippen LogP contribution in [0.5, 0.6) is 5.75 Å². The minimum Gasteiger partial charge on any atom is -0.489 e. The maximum absolute atomic E-state index is 13.7. The van der Waals surface area contributed by atoms with Crippen LogP contribution < -0.4 is 10.3 Å². The number of carbonyl (C=O) groups is 1. The highest BCUT2D eigenvalue weighted by Crippen LogP contribution is 2.36. The van der Waals surface area contributed by atoms with Crippen LogP contribution in [0.4, 0.5) is 0 Å². The highest BCUT2D eigenvalue weighted by Gasteiger charge is 2.38. The number of fused-ring (bicyclic) bond motifs is 5. The molecule has 6 nitrogen and oxygen atoms in total. The lowest BCUT2D eigenvalue weighted by Gasteiger charge is -2.42. The SMILES string of the molecule is O=C(c1oc2ccccc2c1COc1ccccc1)N1CC2CC(C1)c1cccc(=O)n1C2. The number of furan rings is 1. The van der Waals surface area contributed by atoms with Crippen LogP contribution in [0.15, 0.2) is 82.0 Å². The van der Waals surface area contributed by atoms with E-state index >= 15 is 0 Å². The molecule has 33 heavy (non-hydrogen) atoms. The van der Waals surface area contributed by atoms with Crippen molar-refractivity contribution >= 4 is 16.9 Å². The van der Waals surface area contributed by atoms with Crippen molar-refractivity contribution in [2.24, 2.45) is 5.92 Å². The number of likely N-dealkylation sites (tertiary alicyclic amines) is 1. The Kier molecular flexibility index (Phi) is 4.79. The van der Waals surface area contributed by atoms with Crippen LogP contribution in [0.3, 0.4) is 0 Å². The van der Waals surface area contributed by atoms with E-state index in [1.807, 2.05) is 76.2 Å². The topological polar surface area (TPSA) is 64.7 Å². The summed E-state index contributed by atoms with van der Waals surface area (Å²) in [4.78, 5) is 27.9. The summed E-state index contributed by atoms with van der Waals surface area (Å²) in [5, 5.41) is 0.894. The van der Waals surface area contributed by atoms with E-state index < -0.39 is 0 Å². The van der Waals surface area contributed by atoms with Crippen LogP contribution in [-0.2, 0) is 13.2 Å². The second-order valence-electron chi connectivity index (χ2n) is 8.92. The Balaban J connectivity index is 1.32. The summed E-state index contributed by atoms with van der Waals surface area (Å²) in [5.41, 5.74) is 2.52. The van der Waals surface area contributed by atoms with Crippen LogP contribution in [0.2, 0.25) is 0 Å². The smallest absolute Gasteiger partial charge is 0.290 e. The number of ether oxygens (including phenoxy) is 1. The molecule has 2 aliphatic heterocycles. The number of aromatic nitrogens is 1. The molecule has 6 heteroatoms. The van der Waals surface area contributed by atoms with Crippen molar-refractivity contribution in [3.8, 4) is 5.75 Å². The molecule has 6 rings (SSSR count). The van der Waals surface area contributed by atoms with Gasteiger partial charge in [0.1, 0.15) is 17.9 Å². The van der Waals surface area contributed by atoms with E-state index in [0.717, 1.165) is 28.8 Å². The maximum atomic E-state index is 13.7. The first kappa shape index (κ1) is 19.9. The van der Waals surface area contributed by atoms with Gasteiger partial charge in [0, 0.05) is 48.3 Å². The predicted molar refractivity (Wildman–Crippen MR) is 124 cm³/mol. The molecule has 166 valence electrons. The molecule has 2 atom stereocenters. The van der Waals surface area contributed by atoms with Crippen LogP contribution in [0.25, 0.3) is 11.0 Å². The zero-order valence-corrected chi connectivity index (χ0v) is 18.1. The largest absolute Gasteiger partial charge is 0.489 e. The van der Waals surface area contributed by atoms with Crippen molar-refractivity contribution in [1.82, 2.24) is 9.47 Å². The van der Waals surface area contributed by atoms with Crippen LogP contribution in [0.1, 0.15) is 34.2 Å². The molecule has 4 heterocycles. The third-order valence-electron chi connectivity index (χ3n) is 6.79. The molecule has 1 amide bonds. The third-order valence-corrected chi connectivity index (χ3v) is 6.79. The molecule has 0 saturated carbocycles. The zero-order valence-electron chi connectivity index (χ0n) is 18.1. The number of para-hydroxylation sites is 2. The summed E-state index contributed by atoms with van der Waals surface area (Å²) in [6.45, 7) is 2.10. The highest BCUT2D eigenvalue weighted by atomic mass is 16.5. The van der Waals surface area contributed by atoms with Gasteiger partial charge in [0.2, 0.25) is 0 Å². The summed E-state index contributed by atoms with van der Waals surface area (Å²) >= 11 is 0. The lowest BCUT2D eigenvalue weighted by Crippen LogP contribution is -2.49. The lowest BCUT2D eigenvalue weighted by molar-refractivity contribution is 0.0562. The monoisotopic (exact) mass is 440 g/mol. The van der Waals surface area contributed by atoms with E-state index in [1.54, 1.807) is 6.07 Å². The molecule has 4 aromatic rings. The fraction of sp³-hybridized carbons (Fsp3) is 0.259. The van der Waals surface area contributed by atoms with Crippen molar-refractivity contribution in [2.75, 3.05) is 13.1 Å². The molecule has 2 aliphatic rings. The quantitative estimate of drug-likeness (QED) is 0.471. The highest BCUT2D eigenvalue weighted by molar-refractivity contribution is 5.99. The van der Waals surface area contributed by atoms with Crippen molar-refractivity contribution in [1.29, 1.82) is 0 Å². The molecule has 0 N–H and O–H groups in total. The van der Waals surface area contributed by atoms with Crippen molar-refractivity contribution < 1.29 is 13.9 Å². The standard InChI is InChI=1S/C27H24N2O4/c30-25-12-6-10-23-19-13-18(15-29(23)25)14-28(16-19)27(31)26-22(17-32-20-7-2-1-3-8-20)21-9-4-5-11-24(21)33-26/h1-12,18-19H,13-17H2. The number of hydrogen-bond donors (Lipinski definition) is 0. The fourth-order valence-electron chi connectivity index (χ4n) is 5.29. The van der Waals surface area contributed by atoms with Gasteiger partial charge in [0.15, 0.2) is 5.76 Å². The molecule has 2 bridgehead atoms. The molecule has 0 aliphatic carbocycles.